The largest absolute Gasteiger partial charge is 0.493 e. The molecule has 1 aromatic rings. The molecule has 78 valence electrons. The summed E-state index contributed by atoms with van der Waals surface area (Å²) in [5, 5.41) is 0. The molecule has 0 aliphatic heterocycles. The smallest absolute Gasteiger partial charge is 0.137 e. The zero-order chi connectivity index (χ0) is 10.6. The van der Waals surface area contributed by atoms with E-state index in [0.717, 1.165) is 5.75 Å². The summed E-state index contributed by atoms with van der Waals surface area (Å²) in [5.41, 5.74) is 0. The molecule has 0 saturated carbocycles. The fourth-order valence-electron chi connectivity index (χ4n) is 0.858. The SMILES string of the molecule is CC(CS)COc1ccc(F)c(Br)c1. The van der Waals surface area contributed by atoms with Crippen LogP contribution in [0.5, 0.6) is 5.75 Å². The predicted molar refractivity (Wildman–Crippen MR) is 62.6 cm³/mol. The number of thiol groups is 1. The minimum Gasteiger partial charge on any atom is -0.493 e. The van der Waals surface area contributed by atoms with Gasteiger partial charge in [-0.25, -0.2) is 4.39 Å². The summed E-state index contributed by atoms with van der Waals surface area (Å²) in [4.78, 5) is 0. The average molecular weight is 279 g/mol. The molecule has 0 saturated heterocycles. The van der Waals surface area contributed by atoms with Crippen molar-refractivity contribution in [1.82, 2.24) is 0 Å². The highest BCUT2D eigenvalue weighted by molar-refractivity contribution is 9.10. The van der Waals surface area contributed by atoms with E-state index in [1.165, 1.54) is 6.07 Å². The van der Waals surface area contributed by atoms with Crippen LogP contribution in [0.25, 0.3) is 0 Å². The standard InChI is InChI=1S/C10H12BrFOS/c1-7(6-14)5-13-8-2-3-10(12)9(11)4-8/h2-4,7,14H,5-6H2,1H3. The van der Waals surface area contributed by atoms with Gasteiger partial charge in [0, 0.05) is 0 Å². The molecular formula is C10H12BrFOS. The van der Waals surface area contributed by atoms with Crippen molar-refractivity contribution < 1.29 is 9.13 Å². The molecule has 1 unspecified atom stereocenters. The van der Waals surface area contributed by atoms with Gasteiger partial charge in [-0.1, -0.05) is 6.92 Å². The maximum atomic E-state index is 12.8. The summed E-state index contributed by atoms with van der Waals surface area (Å²) >= 11 is 7.25. The minimum absolute atomic E-state index is 0.278. The van der Waals surface area contributed by atoms with Crippen LogP contribution in [0.3, 0.4) is 0 Å². The Morgan fingerprint density at radius 2 is 2.29 bits per heavy atom. The molecule has 0 aliphatic carbocycles. The fourth-order valence-corrected chi connectivity index (χ4v) is 1.32. The van der Waals surface area contributed by atoms with Gasteiger partial charge in [0.2, 0.25) is 0 Å². The topological polar surface area (TPSA) is 9.23 Å². The zero-order valence-electron chi connectivity index (χ0n) is 7.84. The Hall–Kier alpha value is -0.220. The first-order valence-corrected chi connectivity index (χ1v) is 5.74. The van der Waals surface area contributed by atoms with Crippen LogP contribution in [0.15, 0.2) is 22.7 Å². The lowest BCUT2D eigenvalue weighted by Gasteiger charge is -2.10. The second-order valence-electron chi connectivity index (χ2n) is 3.17. The summed E-state index contributed by atoms with van der Waals surface area (Å²) in [6.45, 7) is 2.65. The summed E-state index contributed by atoms with van der Waals surface area (Å²) in [7, 11) is 0. The first kappa shape index (κ1) is 11.9. The third kappa shape index (κ3) is 3.50. The van der Waals surface area contributed by atoms with Gasteiger partial charge in [-0.2, -0.15) is 12.6 Å². The van der Waals surface area contributed by atoms with E-state index in [2.05, 4.69) is 28.6 Å². The van der Waals surface area contributed by atoms with Crippen molar-refractivity contribution in [3.05, 3.63) is 28.5 Å². The molecule has 0 radical (unpaired) electrons. The molecule has 1 rings (SSSR count). The molecule has 1 aromatic carbocycles. The Kier molecular flexibility index (Phi) is 4.75. The highest BCUT2D eigenvalue weighted by Crippen LogP contribution is 2.22. The Labute approximate surface area is 97.2 Å². The molecule has 0 aromatic heterocycles. The molecule has 14 heavy (non-hydrogen) atoms. The van der Waals surface area contributed by atoms with E-state index in [1.807, 2.05) is 6.92 Å². The lowest BCUT2D eigenvalue weighted by molar-refractivity contribution is 0.273. The molecule has 0 N–H and O–H groups in total. The summed E-state index contributed by atoms with van der Waals surface area (Å²) < 4.78 is 18.7. The van der Waals surface area contributed by atoms with E-state index < -0.39 is 0 Å². The quantitative estimate of drug-likeness (QED) is 0.829. The monoisotopic (exact) mass is 278 g/mol. The lowest BCUT2D eigenvalue weighted by atomic mass is 10.2. The van der Waals surface area contributed by atoms with Crippen LogP contribution in [-0.4, -0.2) is 12.4 Å². The normalized spacial score (nSPS) is 12.6. The zero-order valence-corrected chi connectivity index (χ0v) is 10.3. The maximum absolute atomic E-state index is 12.8. The minimum atomic E-state index is -0.278. The van der Waals surface area contributed by atoms with Crippen molar-refractivity contribution in [1.29, 1.82) is 0 Å². The van der Waals surface area contributed by atoms with Crippen molar-refractivity contribution in [3.63, 3.8) is 0 Å². The van der Waals surface area contributed by atoms with Crippen molar-refractivity contribution in [3.8, 4) is 5.75 Å². The van der Waals surface area contributed by atoms with Gasteiger partial charge in [0.15, 0.2) is 0 Å². The van der Waals surface area contributed by atoms with E-state index in [9.17, 15) is 4.39 Å². The van der Waals surface area contributed by atoms with Gasteiger partial charge in [-0.05, 0) is 45.8 Å². The molecule has 0 fully saturated rings. The van der Waals surface area contributed by atoms with Crippen LogP contribution in [0.1, 0.15) is 6.92 Å². The van der Waals surface area contributed by atoms with Gasteiger partial charge in [-0.3, -0.25) is 0 Å². The number of benzene rings is 1. The molecule has 0 amide bonds. The molecule has 1 atom stereocenters. The van der Waals surface area contributed by atoms with Crippen LogP contribution in [0.2, 0.25) is 0 Å². The summed E-state index contributed by atoms with van der Waals surface area (Å²) in [6.07, 6.45) is 0. The molecule has 0 bridgehead atoms. The lowest BCUT2D eigenvalue weighted by Crippen LogP contribution is -2.09. The molecule has 0 spiro atoms. The average Bonchev–Trinajstić information content (AvgIpc) is 2.19. The third-order valence-electron chi connectivity index (χ3n) is 1.74. The second kappa shape index (κ2) is 5.61. The Morgan fingerprint density at radius 3 is 2.86 bits per heavy atom. The summed E-state index contributed by atoms with van der Waals surface area (Å²) in [6, 6.07) is 4.62. The number of ether oxygens (including phenoxy) is 1. The number of hydrogen-bond acceptors (Lipinski definition) is 2. The number of hydrogen-bond donors (Lipinski definition) is 1. The molecule has 4 heteroatoms. The van der Waals surface area contributed by atoms with Gasteiger partial charge in [0.25, 0.3) is 0 Å². The van der Waals surface area contributed by atoms with Crippen molar-refractivity contribution >= 4 is 28.6 Å². The van der Waals surface area contributed by atoms with Crippen LogP contribution in [-0.2, 0) is 0 Å². The fraction of sp³-hybridized carbons (Fsp3) is 0.400. The van der Waals surface area contributed by atoms with Crippen LogP contribution >= 0.6 is 28.6 Å². The Bertz CT molecular complexity index is 306. The van der Waals surface area contributed by atoms with E-state index in [0.29, 0.717) is 22.7 Å². The van der Waals surface area contributed by atoms with Gasteiger partial charge < -0.3 is 4.74 Å². The van der Waals surface area contributed by atoms with E-state index in [4.69, 9.17) is 4.74 Å². The van der Waals surface area contributed by atoms with Crippen molar-refractivity contribution in [2.45, 2.75) is 6.92 Å². The number of rotatable bonds is 4. The van der Waals surface area contributed by atoms with Gasteiger partial charge in [0.1, 0.15) is 11.6 Å². The van der Waals surface area contributed by atoms with Crippen molar-refractivity contribution in [2.75, 3.05) is 12.4 Å². The third-order valence-corrected chi connectivity index (χ3v) is 2.97. The van der Waals surface area contributed by atoms with E-state index in [1.54, 1.807) is 12.1 Å². The van der Waals surface area contributed by atoms with E-state index in [-0.39, 0.29) is 5.82 Å². The molecule has 0 aliphatic rings. The van der Waals surface area contributed by atoms with Crippen molar-refractivity contribution in [2.24, 2.45) is 5.92 Å². The predicted octanol–water partition coefficient (Wildman–Crippen LogP) is 3.53. The van der Waals surface area contributed by atoms with Crippen LogP contribution < -0.4 is 4.74 Å². The van der Waals surface area contributed by atoms with Crippen LogP contribution in [0.4, 0.5) is 4.39 Å². The molecule has 1 nitrogen and oxygen atoms in total. The van der Waals surface area contributed by atoms with E-state index >= 15 is 0 Å². The molecular weight excluding hydrogens is 267 g/mol. The van der Waals surface area contributed by atoms with Gasteiger partial charge in [-0.15, -0.1) is 0 Å². The first-order chi connectivity index (χ1) is 6.63. The maximum Gasteiger partial charge on any atom is 0.137 e. The Balaban J connectivity index is 2.55. The molecule has 0 heterocycles. The van der Waals surface area contributed by atoms with Crippen LogP contribution in [0, 0.1) is 11.7 Å². The number of halogens is 2. The highest BCUT2D eigenvalue weighted by Gasteiger charge is 2.03. The van der Waals surface area contributed by atoms with Gasteiger partial charge >= 0.3 is 0 Å². The first-order valence-electron chi connectivity index (χ1n) is 4.32. The highest BCUT2D eigenvalue weighted by atomic mass is 79.9. The second-order valence-corrected chi connectivity index (χ2v) is 4.39. The summed E-state index contributed by atoms with van der Waals surface area (Å²) in [5.74, 6) is 1.57. The Morgan fingerprint density at radius 1 is 1.57 bits per heavy atom. The van der Waals surface area contributed by atoms with Gasteiger partial charge in [0.05, 0.1) is 11.1 Å².